The fourth-order valence-electron chi connectivity index (χ4n) is 2.39. The number of aryl methyl sites for hydroxylation is 2. The number of nitrogens with one attached hydrogen (secondary N) is 1. The van der Waals surface area contributed by atoms with Gasteiger partial charge in [-0.2, -0.15) is 0 Å². The van der Waals surface area contributed by atoms with E-state index in [1.165, 1.54) is 0 Å². The second-order valence-corrected chi connectivity index (χ2v) is 4.82. The third kappa shape index (κ3) is 3.31. The first-order valence-corrected chi connectivity index (χ1v) is 6.79. The normalized spacial score (nSPS) is 10.4. The van der Waals surface area contributed by atoms with Crippen molar-refractivity contribution < 1.29 is 14.7 Å². The van der Waals surface area contributed by atoms with Gasteiger partial charge in [-0.25, -0.2) is 4.79 Å². The highest BCUT2D eigenvalue weighted by Crippen LogP contribution is 2.18. The number of anilines is 1. The van der Waals surface area contributed by atoms with Gasteiger partial charge in [0.05, 0.1) is 12.0 Å². The molecule has 1 aromatic carbocycles. The third-order valence-corrected chi connectivity index (χ3v) is 3.32. The smallest absolute Gasteiger partial charge is 0.337 e. The lowest BCUT2D eigenvalue weighted by Gasteiger charge is -2.09. The van der Waals surface area contributed by atoms with E-state index < -0.39 is 5.97 Å². The monoisotopic (exact) mass is 286 g/mol. The number of aromatic carboxylic acids is 1. The van der Waals surface area contributed by atoms with E-state index >= 15 is 0 Å². The zero-order valence-corrected chi connectivity index (χ0v) is 12.1. The van der Waals surface area contributed by atoms with Crippen LogP contribution in [0, 0.1) is 6.92 Å². The van der Waals surface area contributed by atoms with E-state index in [2.05, 4.69) is 5.32 Å². The number of rotatable bonds is 5. The van der Waals surface area contributed by atoms with Gasteiger partial charge in [0.15, 0.2) is 0 Å². The molecule has 0 spiro atoms. The summed E-state index contributed by atoms with van der Waals surface area (Å²) in [6.45, 7) is 4.29. The molecule has 5 nitrogen and oxygen atoms in total. The van der Waals surface area contributed by atoms with Crippen LogP contribution < -0.4 is 5.32 Å². The van der Waals surface area contributed by atoms with Crippen molar-refractivity contribution in [1.29, 1.82) is 0 Å². The Labute approximate surface area is 123 Å². The molecule has 1 heterocycles. The molecule has 0 unspecified atom stereocenters. The average Bonchev–Trinajstić information content (AvgIpc) is 2.75. The molecule has 2 rings (SSSR count). The second kappa shape index (κ2) is 6.26. The number of carbonyl (C=O) groups is 2. The van der Waals surface area contributed by atoms with Crippen molar-refractivity contribution in [3.8, 4) is 0 Å². The van der Waals surface area contributed by atoms with Gasteiger partial charge in [0.25, 0.3) is 0 Å². The number of hydrogen-bond donors (Lipinski definition) is 2. The molecule has 21 heavy (non-hydrogen) atoms. The number of carboxylic acid groups (broad SMARTS) is 1. The molecule has 1 amide bonds. The highest BCUT2D eigenvalue weighted by molar-refractivity contribution is 5.96. The predicted octanol–water partition coefficient (Wildman–Crippen LogP) is 2.70. The highest BCUT2D eigenvalue weighted by Gasteiger charge is 2.20. The second-order valence-electron chi connectivity index (χ2n) is 4.82. The van der Waals surface area contributed by atoms with E-state index in [0.717, 1.165) is 0 Å². The van der Waals surface area contributed by atoms with Crippen LogP contribution in [-0.2, 0) is 17.8 Å². The highest BCUT2D eigenvalue weighted by atomic mass is 16.4. The Morgan fingerprint density at radius 2 is 1.90 bits per heavy atom. The zero-order chi connectivity index (χ0) is 15.4. The standard InChI is InChI=1S/C16H18N2O3/c1-3-18-10-11(2)15(16(20)21)13(18)9-14(19)17-12-7-5-4-6-8-12/h4-8,10H,3,9H2,1-2H3,(H,17,19)(H,20,21). The molecular formula is C16H18N2O3. The zero-order valence-electron chi connectivity index (χ0n) is 12.1. The van der Waals surface area contributed by atoms with Crippen molar-refractivity contribution in [1.82, 2.24) is 4.57 Å². The molecule has 0 fully saturated rings. The molecule has 0 saturated heterocycles. The number of hydrogen-bond acceptors (Lipinski definition) is 2. The van der Waals surface area contributed by atoms with Crippen molar-refractivity contribution in [2.45, 2.75) is 26.8 Å². The van der Waals surface area contributed by atoms with Gasteiger partial charge in [-0.05, 0) is 31.5 Å². The summed E-state index contributed by atoms with van der Waals surface area (Å²) >= 11 is 0. The van der Waals surface area contributed by atoms with Gasteiger partial charge in [-0.3, -0.25) is 4.79 Å². The van der Waals surface area contributed by atoms with Gasteiger partial charge < -0.3 is 15.0 Å². The van der Waals surface area contributed by atoms with E-state index in [4.69, 9.17) is 0 Å². The van der Waals surface area contributed by atoms with Crippen LogP contribution in [-0.4, -0.2) is 21.6 Å². The Bertz CT molecular complexity index is 660. The summed E-state index contributed by atoms with van der Waals surface area (Å²) in [5, 5.41) is 12.1. The maximum absolute atomic E-state index is 12.1. The lowest BCUT2D eigenvalue weighted by atomic mass is 10.1. The van der Waals surface area contributed by atoms with Gasteiger partial charge in [0, 0.05) is 24.1 Å². The minimum absolute atomic E-state index is 0.0399. The van der Waals surface area contributed by atoms with Gasteiger partial charge in [0.2, 0.25) is 5.91 Å². The van der Waals surface area contributed by atoms with Crippen LogP contribution in [0.2, 0.25) is 0 Å². The van der Waals surface area contributed by atoms with E-state index in [9.17, 15) is 14.7 Å². The Balaban J connectivity index is 2.22. The maximum atomic E-state index is 12.1. The quantitative estimate of drug-likeness (QED) is 0.887. The molecule has 0 radical (unpaired) electrons. The molecule has 0 aliphatic heterocycles. The third-order valence-electron chi connectivity index (χ3n) is 3.32. The fourth-order valence-corrected chi connectivity index (χ4v) is 2.39. The Morgan fingerprint density at radius 1 is 1.24 bits per heavy atom. The van der Waals surface area contributed by atoms with Gasteiger partial charge >= 0.3 is 5.97 Å². The summed E-state index contributed by atoms with van der Waals surface area (Å²) in [5.41, 5.74) is 2.13. The van der Waals surface area contributed by atoms with E-state index in [-0.39, 0.29) is 17.9 Å². The minimum Gasteiger partial charge on any atom is -0.478 e. The topological polar surface area (TPSA) is 71.3 Å². The van der Waals surface area contributed by atoms with Crippen molar-refractivity contribution in [2.24, 2.45) is 0 Å². The number of carbonyl (C=O) groups excluding carboxylic acids is 1. The van der Waals surface area contributed by atoms with Gasteiger partial charge in [-0.1, -0.05) is 18.2 Å². The van der Waals surface area contributed by atoms with Crippen molar-refractivity contribution in [2.75, 3.05) is 5.32 Å². The molecule has 0 saturated carbocycles. The molecule has 0 bridgehead atoms. The number of amides is 1. The maximum Gasteiger partial charge on any atom is 0.337 e. The SMILES string of the molecule is CCn1cc(C)c(C(=O)O)c1CC(=O)Nc1ccccc1. The summed E-state index contributed by atoms with van der Waals surface area (Å²) in [7, 11) is 0. The molecule has 5 heteroatoms. The van der Waals surface area contributed by atoms with Crippen LogP contribution in [0.25, 0.3) is 0 Å². The lowest BCUT2D eigenvalue weighted by molar-refractivity contribution is -0.115. The van der Waals surface area contributed by atoms with Crippen LogP contribution in [0.3, 0.4) is 0 Å². The molecule has 0 aliphatic rings. The van der Waals surface area contributed by atoms with Crippen LogP contribution in [0.15, 0.2) is 36.5 Å². The number of nitrogens with zero attached hydrogens (tertiary/aromatic N) is 1. The summed E-state index contributed by atoms with van der Waals surface area (Å²) in [5.74, 6) is -1.22. The summed E-state index contributed by atoms with van der Waals surface area (Å²) < 4.78 is 1.81. The first-order valence-electron chi connectivity index (χ1n) is 6.79. The fraction of sp³-hybridized carbons (Fsp3) is 0.250. The largest absolute Gasteiger partial charge is 0.478 e. The van der Waals surface area contributed by atoms with Crippen LogP contribution in [0.5, 0.6) is 0 Å². The molecule has 110 valence electrons. The van der Waals surface area contributed by atoms with Crippen molar-refractivity contribution >= 4 is 17.6 Å². The summed E-state index contributed by atoms with van der Waals surface area (Å²) in [6, 6.07) is 9.11. The molecule has 0 aliphatic carbocycles. The molecule has 2 aromatic rings. The van der Waals surface area contributed by atoms with Crippen LogP contribution in [0.4, 0.5) is 5.69 Å². The Morgan fingerprint density at radius 3 is 2.48 bits per heavy atom. The molecule has 2 N–H and O–H groups in total. The molecular weight excluding hydrogens is 268 g/mol. The van der Waals surface area contributed by atoms with Crippen molar-refractivity contribution in [3.63, 3.8) is 0 Å². The number of para-hydroxylation sites is 1. The van der Waals surface area contributed by atoms with E-state index in [0.29, 0.717) is 23.5 Å². The summed E-state index contributed by atoms with van der Waals surface area (Å²) in [6.07, 6.45) is 1.81. The van der Waals surface area contributed by atoms with Crippen LogP contribution in [0.1, 0.15) is 28.5 Å². The molecule has 0 atom stereocenters. The first kappa shape index (κ1) is 14.8. The minimum atomic E-state index is -0.998. The average molecular weight is 286 g/mol. The van der Waals surface area contributed by atoms with E-state index in [1.807, 2.05) is 29.7 Å². The van der Waals surface area contributed by atoms with E-state index in [1.54, 1.807) is 25.3 Å². The number of benzene rings is 1. The summed E-state index contributed by atoms with van der Waals surface area (Å²) in [4.78, 5) is 23.5. The lowest BCUT2D eigenvalue weighted by Crippen LogP contribution is -2.18. The van der Waals surface area contributed by atoms with Gasteiger partial charge in [0.1, 0.15) is 0 Å². The van der Waals surface area contributed by atoms with Gasteiger partial charge in [-0.15, -0.1) is 0 Å². The Kier molecular flexibility index (Phi) is 4.42. The Hall–Kier alpha value is -2.56. The number of carboxylic acids is 1. The molecule has 1 aromatic heterocycles. The number of aromatic nitrogens is 1. The van der Waals surface area contributed by atoms with Crippen molar-refractivity contribution in [3.05, 3.63) is 53.3 Å². The predicted molar refractivity (Wildman–Crippen MR) is 80.6 cm³/mol. The first-order chi connectivity index (χ1) is 10.0. The van der Waals surface area contributed by atoms with Crippen LogP contribution >= 0.6 is 0 Å².